The van der Waals surface area contributed by atoms with Crippen molar-refractivity contribution in [1.29, 1.82) is 5.26 Å². The number of rotatable bonds is 10. The summed E-state index contributed by atoms with van der Waals surface area (Å²) in [6.45, 7) is 11.7. The zero-order valence-electron chi connectivity index (χ0n) is 22.0. The van der Waals surface area contributed by atoms with E-state index in [0.29, 0.717) is 61.2 Å². The maximum atomic E-state index is 13.1. The van der Waals surface area contributed by atoms with Crippen molar-refractivity contribution in [2.24, 2.45) is 0 Å². The highest BCUT2D eigenvalue weighted by molar-refractivity contribution is 7.92. The molecule has 0 saturated carbocycles. The van der Waals surface area contributed by atoms with Crippen LogP contribution in [0.5, 0.6) is 0 Å². The summed E-state index contributed by atoms with van der Waals surface area (Å²) >= 11 is 7.61. The molecule has 0 aliphatic carbocycles. The van der Waals surface area contributed by atoms with Crippen LogP contribution >= 0.6 is 23.8 Å². The van der Waals surface area contributed by atoms with Crippen LogP contribution in [0.2, 0.25) is 5.02 Å². The van der Waals surface area contributed by atoms with Crippen LogP contribution in [0.1, 0.15) is 30.9 Å². The Hall–Kier alpha value is -2.27. The van der Waals surface area contributed by atoms with Gasteiger partial charge >= 0.3 is 12.1 Å². The molecule has 3 aliphatic heterocycles. The van der Waals surface area contributed by atoms with Gasteiger partial charge in [0.25, 0.3) is 0 Å². The first-order valence-corrected chi connectivity index (χ1v) is 14.2. The lowest BCUT2D eigenvalue weighted by atomic mass is 10.1. The molecule has 38 heavy (non-hydrogen) atoms. The molecule has 1 aromatic rings. The minimum absolute atomic E-state index is 0.0758. The third kappa shape index (κ3) is 6.83. The second-order valence-electron chi connectivity index (χ2n) is 9.63. The molecule has 1 aromatic carbocycles. The van der Waals surface area contributed by atoms with Gasteiger partial charge in [-0.1, -0.05) is 11.6 Å². The Morgan fingerprint density at radius 1 is 1.18 bits per heavy atom. The van der Waals surface area contributed by atoms with Crippen molar-refractivity contribution >= 4 is 41.6 Å². The van der Waals surface area contributed by atoms with Gasteiger partial charge in [0.05, 0.1) is 23.2 Å². The van der Waals surface area contributed by atoms with E-state index < -0.39 is 0 Å². The monoisotopic (exact) mass is 565 g/mol. The molecular formula is C25H36ClN7O4S. The quantitative estimate of drug-likeness (QED) is 0.152. The van der Waals surface area contributed by atoms with Crippen LogP contribution < -0.4 is 10.2 Å². The van der Waals surface area contributed by atoms with E-state index in [0.717, 1.165) is 45.6 Å². The van der Waals surface area contributed by atoms with E-state index in [-0.39, 0.29) is 18.1 Å². The van der Waals surface area contributed by atoms with Crippen LogP contribution in [0.4, 0.5) is 15.3 Å². The highest BCUT2D eigenvalue weighted by atomic mass is 35.5. The highest BCUT2D eigenvalue weighted by Crippen LogP contribution is 2.33. The fourth-order valence-corrected chi connectivity index (χ4v) is 5.79. The molecule has 0 spiro atoms. The van der Waals surface area contributed by atoms with Crippen molar-refractivity contribution in [3.8, 4) is 6.07 Å². The molecule has 3 heterocycles. The minimum Gasteiger partial charge on any atom is -0.338 e. The average molecular weight is 566 g/mol. The van der Waals surface area contributed by atoms with Crippen molar-refractivity contribution in [3.05, 3.63) is 28.3 Å². The number of fused-ring (bicyclic) bond motifs is 1. The summed E-state index contributed by atoms with van der Waals surface area (Å²) in [5.74, 6) is 0. The number of anilines is 1. The largest absolute Gasteiger partial charge is 0.338 e. The normalized spacial score (nSPS) is 20.5. The number of piperazine rings is 2. The van der Waals surface area contributed by atoms with Crippen molar-refractivity contribution < 1.29 is 18.8 Å². The third-order valence-electron chi connectivity index (χ3n) is 7.22. The van der Waals surface area contributed by atoms with E-state index in [1.54, 1.807) is 21.9 Å². The number of nitrogens with zero attached hydrogens (tertiary/aromatic N) is 6. The fourth-order valence-electron chi connectivity index (χ4n) is 5.05. The van der Waals surface area contributed by atoms with Crippen molar-refractivity contribution in [3.63, 3.8) is 0 Å². The first kappa shape index (κ1) is 28.7. The molecule has 1 N–H and O–H groups in total. The molecule has 3 aliphatic rings. The van der Waals surface area contributed by atoms with Gasteiger partial charge in [0.1, 0.15) is 18.3 Å². The number of halogens is 1. The Kier molecular flexibility index (Phi) is 10.3. The lowest BCUT2D eigenvalue weighted by Gasteiger charge is -2.36. The Labute approximate surface area is 233 Å². The molecule has 3 fully saturated rings. The Morgan fingerprint density at radius 3 is 2.71 bits per heavy atom. The molecule has 13 heteroatoms. The summed E-state index contributed by atoms with van der Waals surface area (Å²) < 4.78 is 7.21. The summed E-state index contributed by atoms with van der Waals surface area (Å²) in [4.78, 5) is 38.6. The molecular weight excluding hydrogens is 530 g/mol. The van der Waals surface area contributed by atoms with Crippen molar-refractivity contribution in [2.75, 3.05) is 77.0 Å². The van der Waals surface area contributed by atoms with Crippen molar-refractivity contribution in [2.45, 2.75) is 32.7 Å². The minimum atomic E-state index is -0.0832. The maximum Gasteiger partial charge on any atom is 0.325 e. The fraction of sp³-hybridized carbons (Fsp3) is 0.640. The lowest BCUT2D eigenvalue weighted by Crippen LogP contribution is -2.56. The maximum absolute atomic E-state index is 13.1. The number of nitrogens with one attached hydrogen (secondary N) is 1. The van der Waals surface area contributed by atoms with E-state index in [4.69, 9.17) is 20.8 Å². The van der Waals surface area contributed by atoms with E-state index in [2.05, 4.69) is 20.6 Å². The van der Waals surface area contributed by atoms with Gasteiger partial charge in [-0.15, -0.1) is 4.33 Å². The summed E-state index contributed by atoms with van der Waals surface area (Å²) in [7, 11) is 0. The second kappa shape index (κ2) is 13.7. The van der Waals surface area contributed by atoms with E-state index >= 15 is 0 Å². The van der Waals surface area contributed by atoms with E-state index in [1.165, 1.54) is 12.2 Å². The van der Waals surface area contributed by atoms with Crippen LogP contribution in [0, 0.1) is 18.3 Å². The number of unbranched alkanes of at least 4 members (excludes halogenated alkanes) is 1. The lowest BCUT2D eigenvalue weighted by molar-refractivity contribution is -0.189. The van der Waals surface area contributed by atoms with Crippen LogP contribution in [-0.2, 0) is 9.22 Å². The SMILES string of the molecule is CCOOSN1CCN(CCCCNC(=O)N2CCN3C(=O)N(c4ccc(C#N)c(Cl)c4C)C[C@@H]3C2)CC1. The van der Waals surface area contributed by atoms with Crippen molar-refractivity contribution in [1.82, 2.24) is 24.3 Å². The number of amides is 4. The summed E-state index contributed by atoms with van der Waals surface area (Å²) in [5.41, 5.74) is 1.82. The van der Waals surface area contributed by atoms with Gasteiger partial charge in [0.2, 0.25) is 0 Å². The number of carbonyl (C=O) groups excluding carboxylic acids is 2. The average Bonchev–Trinajstić information content (AvgIpc) is 3.26. The first-order chi connectivity index (χ1) is 18.4. The number of hydrogen-bond acceptors (Lipinski definition) is 8. The standard InChI is InChI=1S/C25H36ClN7O4S/c1-3-36-37-38-31-13-10-29(11-14-31)9-5-4-8-28-24(34)30-12-15-32-21(17-30)18-33(25(32)35)22-7-6-20(16-27)23(26)19(22)2/h6-7,21H,3-5,8-15,17-18H2,1-2H3,(H,28,34)/t21-/m0/s1. The predicted molar refractivity (Wildman–Crippen MR) is 147 cm³/mol. The molecule has 0 radical (unpaired) electrons. The van der Waals surface area contributed by atoms with E-state index in [9.17, 15) is 14.9 Å². The summed E-state index contributed by atoms with van der Waals surface area (Å²) in [5, 5.41) is 12.6. The Bertz CT molecular complexity index is 1030. The molecule has 0 aromatic heterocycles. The first-order valence-electron chi connectivity index (χ1n) is 13.2. The van der Waals surface area contributed by atoms with Gasteiger partial charge in [-0.05, 0) is 50.9 Å². The Morgan fingerprint density at radius 2 is 1.97 bits per heavy atom. The zero-order chi connectivity index (χ0) is 27.1. The number of hydrogen-bond donors (Lipinski definition) is 1. The zero-order valence-corrected chi connectivity index (χ0v) is 23.6. The second-order valence-corrected chi connectivity index (χ2v) is 10.8. The van der Waals surface area contributed by atoms with Crippen LogP contribution in [0.15, 0.2) is 12.1 Å². The number of urea groups is 2. The van der Waals surface area contributed by atoms with Gasteiger partial charge in [-0.2, -0.15) is 5.26 Å². The van der Waals surface area contributed by atoms with Gasteiger partial charge in [0, 0.05) is 64.6 Å². The predicted octanol–water partition coefficient (Wildman–Crippen LogP) is 3.09. The topological polar surface area (TPSA) is 105 Å². The van der Waals surface area contributed by atoms with Crippen LogP contribution in [0.25, 0.3) is 0 Å². The molecule has 0 unspecified atom stereocenters. The molecule has 1 atom stereocenters. The number of nitriles is 1. The number of benzene rings is 1. The summed E-state index contributed by atoms with van der Waals surface area (Å²) in [6, 6.07) is 5.26. The molecule has 11 nitrogen and oxygen atoms in total. The van der Waals surface area contributed by atoms with Crippen LogP contribution in [0.3, 0.4) is 0 Å². The number of carbonyl (C=O) groups is 2. The molecule has 208 valence electrons. The molecule has 4 amide bonds. The smallest absolute Gasteiger partial charge is 0.325 e. The Balaban J connectivity index is 1.16. The van der Waals surface area contributed by atoms with Gasteiger partial charge < -0.3 is 20.0 Å². The molecule has 3 saturated heterocycles. The third-order valence-corrected chi connectivity index (χ3v) is 8.44. The van der Waals surface area contributed by atoms with Gasteiger partial charge in [-0.25, -0.2) is 18.8 Å². The highest BCUT2D eigenvalue weighted by Gasteiger charge is 2.42. The molecule has 0 bridgehead atoms. The van der Waals surface area contributed by atoms with E-state index in [1.807, 2.05) is 18.7 Å². The summed E-state index contributed by atoms with van der Waals surface area (Å²) in [6.07, 6.45) is 1.94. The van der Waals surface area contributed by atoms with Gasteiger partial charge in [-0.3, -0.25) is 4.90 Å². The van der Waals surface area contributed by atoms with Crippen LogP contribution in [-0.4, -0.2) is 109 Å². The van der Waals surface area contributed by atoms with Gasteiger partial charge in [0.15, 0.2) is 0 Å². The molecule has 4 rings (SSSR count).